The number of carbonyl (C=O) groups is 2. The van der Waals surface area contributed by atoms with E-state index in [1.807, 2.05) is 84.9 Å². The van der Waals surface area contributed by atoms with Gasteiger partial charge < -0.3 is 19.4 Å². The molecule has 5 aromatic rings. The van der Waals surface area contributed by atoms with Crippen LogP contribution in [0.25, 0.3) is 45.3 Å². The number of nitrogens with zero attached hydrogens (tertiary/aromatic N) is 2. The molecule has 0 fully saturated rings. The Bertz CT molecular complexity index is 1460. The maximum Gasteiger partial charge on any atom is 0.357 e. The van der Waals surface area contributed by atoms with Gasteiger partial charge in [0.05, 0.1) is 13.2 Å². The zero-order chi connectivity index (χ0) is 26.5. The van der Waals surface area contributed by atoms with E-state index in [9.17, 15) is 9.59 Å². The van der Waals surface area contributed by atoms with Gasteiger partial charge in [0, 0.05) is 22.3 Å². The molecule has 0 atom stereocenters. The lowest BCUT2D eigenvalue weighted by atomic mass is 10.0. The van der Waals surface area contributed by atoms with Gasteiger partial charge in [0.15, 0.2) is 11.4 Å². The molecule has 0 spiro atoms. The molecule has 0 saturated carbocycles. The minimum Gasteiger partial charge on any atom is -0.461 e. The third kappa shape index (κ3) is 4.97. The maximum absolute atomic E-state index is 12.8. The average molecular weight is 507 g/mol. The minimum absolute atomic E-state index is 0.233. The third-order valence-corrected chi connectivity index (χ3v) is 5.87. The van der Waals surface area contributed by atoms with Crippen LogP contribution < -0.4 is 0 Å². The highest BCUT2D eigenvalue weighted by Gasteiger charge is 2.24. The van der Waals surface area contributed by atoms with E-state index in [0.29, 0.717) is 34.2 Å². The van der Waals surface area contributed by atoms with E-state index < -0.39 is 11.9 Å². The van der Waals surface area contributed by atoms with E-state index >= 15 is 0 Å². The molecule has 0 bridgehead atoms. The second-order valence-electron chi connectivity index (χ2n) is 8.37. The zero-order valence-corrected chi connectivity index (χ0v) is 21.0. The molecule has 8 nitrogen and oxygen atoms in total. The van der Waals surface area contributed by atoms with Crippen LogP contribution in [0, 0.1) is 0 Å². The molecule has 0 aliphatic heterocycles. The van der Waals surface area contributed by atoms with Gasteiger partial charge in [0.1, 0.15) is 23.0 Å². The first-order chi connectivity index (χ1) is 18.6. The summed E-state index contributed by atoms with van der Waals surface area (Å²) >= 11 is 0. The molecule has 2 aromatic heterocycles. The van der Waals surface area contributed by atoms with Gasteiger partial charge in [-0.15, -0.1) is 0 Å². The number of rotatable bonds is 8. The standard InChI is InChI=1S/C30H26N4O4/c1-3-37-29(35)25-23(31-27(33-25)19-12-7-5-8-13-19)21-16-11-17-22(18-21)24-26(30(36)38-4-2)34-28(32-24)20-14-9-6-10-15-20/h5-18H,3-4H2,1-2H3,(H,31,33)(H,32,34). The van der Waals surface area contributed by atoms with Gasteiger partial charge in [-0.05, 0) is 19.9 Å². The van der Waals surface area contributed by atoms with Crippen molar-refractivity contribution in [3.63, 3.8) is 0 Å². The number of benzene rings is 3. The quantitative estimate of drug-likeness (QED) is 0.244. The first-order valence-electron chi connectivity index (χ1n) is 12.3. The number of ether oxygens (including phenoxy) is 2. The van der Waals surface area contributed by atoms with Crippen LogP contribution in [0.1, 0.15) is 34.8 Å². The molecule has 0 saturated heterocycles. The zero-order valence-electron chi connectivity index (χ0n) is 21.0. The highest BCUT2D eigenvalue weighted by Crippen LogP contribution is 2.32. The van der Waals surface area contributed by atoms with Crippen LogP contribution in [0.4, 0.5) is 0 Å². The van der Waals surface area contributed by atoms with Crippen molar-refractivity contribution in [1.82, 2.24) is 19.9 Å². The Kier molecular flexibility index (Phi) is 7.13. The van der Waals surface area contributed by atoms with Crippen LogP contribution in [-0.2, 0) is 9.47 Å². The van der Waals surface area contributed by atoms with Crippen molar-refractivity contribution in [2.24, 2.45) is 0 Å². The van der Waals surface area contributed by atoms with E-state index in [0.717, 1.165) is 11.1 Å². The molecule has 2 heterocycles. The van der Waals surface area contributed by atoms with E-state index in [2.05, 4.69) is 9.97 Å². The summed E-state index contributed by atoms with van der Waals surface area (Å²) in [6, 6.07) is 26.5. The molecule has 8 heteroatoms. The van der Waals surface area contributed by atoms with Crippen molar-refractivity contribution in [2.75, 3.05) is 13.2 Å². The number of hydrogen-bond acceptors (Lipinski definition) is 6. The summed E-state index contributed by atoms with van der Waals surface area (Å²) in [5.74, 6) is 0.0988. The van der Waals surface area contributed by atoms with Gasteiger partial charge in [0.25, 0.3) is 0 Å². The van der Waals surface area contributed by atoms with Gasteiger partial charge >= 0.3 is 11.9 Å². The monoisotopic (exact) mass is 506 g/mol. The number of H-pyrrole nitrogens is 2. The van der Waals surface area contributed by atoms with Crippen molar-refractivity contribution in [3.8, 4) is 45.3 Å². The Labute approximate surface area is 219 Å². The fourth-order valence-corrected chi connectivity index (χ4v) is 4.15. The molecule has 5 rings (SSSR count). The minimum atomic E-state index is -0.499. The predicted molar refractivity (Wildman–Crippen MR) is 144 cm³/mol. The Morgan fingerprint density at radius 1 is 0.605 bits per heavy atom. The molecular weight excluding hydrogens is 480 g/mol. The van der Waals surface area contributed by atoms with Gasteiger partial charge in [-0.1, -0.05) is 78.9 Å². The topological polar surface area (TPSA) is 110 Å². The predicted octanol–water partition coefficient (Wildman–Crippen LogP) is 6.15. The van der Waals surface area contributed by atoms with Crippen LogP contribution in [0.15, 0.2) is 84.9 Å². The van der Waals surface area contributed by atoms with Crippen LogP contribution in [0.3, 0.4) is 0 Å². The number of esters is 2. The molecule has 190 valence electrons. The molecule has 2 N–H and O–H groups in total. The molecule has 0 amide bonds. The van der Waals surface area contributed by atoms with Crippen LogP contribution in [-0.4, -0.2) is 45.1 Å². The lowest BCUT2D eigenvalue weighted by molar-refractivity contribution is 0.0511. The smallest absolute Gasteiger partial charge is 0.357 e. The van der Waals surface area contributed by atoms with Crippen molar-refractivity contribution >= 4 is 11.9 Å². The Hall–Kier alpha value is -4.98. The van der Waals surface area contributed by atoms with Gasteiger partial charge in [-0.3, -0.25) is 0 Å². The molecule has 0 aliphatic carbocycles. The number of aromatic amines is 2. The summed E-state index contributed by atoms with van der Waals surface area (Å²) in [6.07, 6.45) is 0. The molecule has 0 radical (unpaired) electrons. The summed E-state index contributed by atoms with van der Waals surface area (Å²) in [6.45, 7) is 3.98. The van der Waals surface area contributed by atoms with Crippen molar-refractivity contribution in [3.05, 3.63) is 96.3 Å². The summed E-state index contributed by atoms with van der Waals surface area (Å²) in [5, 5.41) is 0. The largest absolute Gasteiger partial charge is 0.461 e. The van der Waals surface area contributed by atoms with Crippen molar-refractivity contribution in [1.29, 1.82) is 0 Å². The van der Waals surface area contributed by atoms with Gasteiger partial charge in [-0.25, -0.2) is 19.6 Å². The van der Waals surface area contributed by atoms with Crippen LogP contribution in [0.2, 0.25) is 0 Å². The molecule has 38 heavy (non-hydrogen) atoms. The number of carbonyl (C=O) groups excluding carboxylic acids is 2. The normalized spacial score (nSPS) is 10.8. The van der Waals surface area contributed by atoms with Crippen molar-refractivity contribution < 1.29 is 19.1 Å². The summed E-state index contributed by atoms with van der Waals surface area (Å²) in [4.78, 5) is 41.5. The number of nitrogens with one attached hydrogen (secondary N) is 2. The highest BCUT2D eigenvalue weighted by molar-refractivity contribution is 5.97. The van der Waals surface area contributed by atoms with E-state index in [4.69, 9.17) is 19.4 Å². The summed E-state index contributed by atoms with van der Waals surface area (Å²) in [5.41, 5.74) is 4.41. The molecule has 0 aliphatic rings. The summed E-state index contributed by atoms with van der Waals surface area (Å²) < 4.78 is 10.6. The first kappa shape index (κ1) is 24.7. The Morgan fingerprint density at radius 2 is 1.00 bits per heavy atom. The van der Waals surface area contributed by atoms with Crippen LogP contribution >= 0.6 is 0 Å². The van der Waals surface area contributed by atoms with Crippen molar-refractivity contribution in [2.45, 2.75) is 13.8 Å². The Morgan fingerprint density at radius 3 is 1.39 bits per heavy atom. The lowest BCUT2D eigenvalue weighted by Crippen LogP contribution is -2.07. The molecular formula is C30H26N4O4. The maximum atomic E-state index is 12.8. The van der Waals surface area contributed by atoms with E-state index in [-0.39, 0.29) is 24.6 Å². The molecule has 0 unspecified atom stereocenters. The fourth-order valence-electron chi connectivity index (χ4n) is 4.15. The SMILES string of the molecule is CCOC(=O)c1[nH]c(-c2ccccc2)nc1-c1cccc(-c2nc(-c3ccccc3)[nH]c2C(=O)OCC)c1. The number of imidazole rings is 2. The average Bonchev–Trinajstić information content (AvgIpc) is 3.61. The fraction of sp³-hybridized carbons (Fsp3) is 0.133. The Balaban J connectivity index is 1.62. The number of hydrogen-bond donors (Lipinski definition) is 2. The second-order valence-corrected chi connectivity index (χ2v) is 8.37. The third-order valence-electron chi connectivity index (χ3n) is 5.87. The first-order valence-corrected chi connectivity index (χ1v) is 12.3. The van der Waals surface area contributed by atoms with Crippen LogP contribution in [0.5, 0.6) is 0 Å². The second kappa shape index (κ2) is 11.0. The highest BCUT2D eigenvalue weighted by atomic mass is 16.5. The lowest BCUT2D eigenvalue weighted by Gasteiger charge is -2.06. The molecule has 3 aromatic carbocycles. The van der Waals surface area contributed by atoms with Gasteiger partial charge in [-0.2, -0.15) is 0 Å². The van der Waals surface area contributed by atoms with E-state index in [1.54, 1.807) is 13.8 Å². The number of aromatic nitrogens is 4. The van der Waals surface area contributed by atoms with Gasteiger partial charge in [0.2, 0.25) is 0 Å². The summed E-state index contributed by atoms with van der Waals surface area (Å²) in [7, 11) is 0. The van der Waals surface area contributed by atoms with E-state index in [1.165, 1.54) is 0 Å².